The van der Waals surface area contributed by atoms with Gasteiger partial charge in [-0.25, -0.2) is 4.98 Å². The molecule has 1 amide bonds. The number of anilines is 2. The highest BCUT2D eigenvalue weighted by atomic mass is 32.1. The predicted molar refractivity (Wildman–Crippen MR) is 129 cm³/mol. The Balaban J connectivity index is 1.61. The molecular weight excluding hydrogens is 422 g/mol. The summed E-state index contributed by atoms with van der Waals surface area (Å²) in [6.45, 7) is 2.42. The number of para-hydroxylation sites is 2. The number of ether oxygens (including phenoxy) is 1. The summed E-state index contributed by atoms with van der Waals surface area (Å²) in [5, 5.41) is 12.5. The van der Waals surface area contributed by atoms with E-state index in [2.05, 4.69) is 26.5 Å². The maximum atomic E-state index is 13.2. The summed E-state index contributed by atoms with van der Waals surface area (Å²) in [5.41, 5.74) is 6.09. The van der Waals surface area contributed by atoms with E-state index in [9.17, 15) is 4.79 Å². The van der Waals surface area contributed by atoms with Crippen molar-refractivity contribution in [3.8, 4) is 29.4 Å². The van der Waals surface area contributed by atoms with Crippen LogP contribution in [0.1, 0.15) is 19.8 Å². The lowest BCUT2D eigenvalue weighted by Gasteiger charge is -2.10. The fraction of sp³-hybridized carbons (Fsp3) is 0.167. The summed E-state index contributed by atoms with van der Waals surface area (Å²) in [4.78, 5) is 17.8. The molecule has 1 aromatic heterocycles. The average Bonchev–Trinajstić information content (AvgIpc) is 3.43. The maximum Gasteiger partial charge on any atom is 0.303 e. The molecule has 1 N–H and O–H groups in total. The molecule has 3 aromatic rings. The van der Waals surface area contributed by atoms with Crippen LogP contribution >= 0.6 is 11.3 Å². The zero-order valence-electron chi connectivity index (χ0n) is 17.5. The van der Waals surface area contributed by atoms with Crippen molar-refractivity contribution in [1.82, 2.24) is 4.98 Å². The molecule has 0 aliphatic carbocycles. The summed E-state index contributed by atoms with van der Waals surface area (Å²) in [5.74, 6) is 2.89. The minimum Gasteiger partial charge on any atom is -0.492 e. The Labute approximate surface area is 190 Å². The highest BCUT2D eigenvalue weighted by Gasteiger charge is 2.34. The number of terminal acetylenes is 1. The topological polar surface area (TPSA) is 79.2 Å². The molecular formula is C24H21N5O2S. The van der Waals surface area contributed by atoms with Gasteiger partial charge in [0.05, 0.1) is 23.7 Å². The number of nitrogens with one attached hydrogen (secondary N) is 1. The Morgan fingerprint density at radius 1 is 1.19 bits per heavy atom. The van der Waals surface area contributed by atoms with Crippen molar-refractivity contribution >= 4 is 39.5 Å². The van der Waals surface area contributed by atoms with Gasteiger partial charge in [-0.05, 0) is 19.1 Å². The van der Waals surface area contributed by atoms with E-state index in [4.69, 9.17) is 11.2 Å². The largest absolute Gasteiger partial charge is 0.492 e. The zero-order valence-corrected chi connectivity index (χ0v) is 18.3. The number of hydrazone groups is 2. The third-order valence-corrected chi connectivity index (χ3v) is 5.43. The number of amides is 1. The maximum absolute atomic E-state index is 13.2. The standard InChI is InChI=1S/C24H21N5O2S/c1-3-5-13-19-22(27-26-18-14-9-10-15-21(18)31-4-2)23(30)29(28-19)24-25-20(16-32-24)17-11-7-6-8-12-17/h1,6-12,14-16,26H,4-5,13H2,2H3/b27-22-. The van der Waals surface area contributed by atoms with Crippen LogP contribution in [0.5, 0.6) is 5.75 Å². The summed E-state index contributed by atoms with van der Waals surface area (Å²) in [6.07, 6.45) is 6.31. The monoisotopic (exact) mass is 443 g/mol. The first-order chi connectivity index (χ1) is 15.7. The van der Waals surface area contributed by atoms with Crippen molar-refractivity contribution in [2.75, 3.05) is 17.0 Å². The van der Waals surface area contributed by atoms with Crippen molar-refractivity contribution in [1.29, 1.82) is 0 Å². The SMILES string of the molecule is C#CCCC1=NN(c2nc(-c3ccccc3)cs2)C(=O)/C1=N\Nc1ccccc1OCC. The number of aromatic nitrogens is 1. The first kappa shape index (κ1) is 21.3. The fourth-order valence-electron chi connectivity index (χ4n) is 3.10. The predicted octanol–water partition coefficient (Wildman–Crippen LogP) is 4.79. The first-order valence-corrected chi connectivity index (χ1v) is 11.0. The van der Waals surface area contributed by atoms with Crippen LogP contribution in [0.4, 0.5) is 10.8 Å². The van der Waals surface area contributed by atoms with Crippen molar-refractivity contribution in [2.24, 2.45) is 10.2 Å². The second-order valence-corrected chi connectivity index (χ2v) is 7.59. The van der Waals surface area contributed by atoms with Gasteiger partial charge in [0, 0.05) is 23.8 Å². The van der Waals surface area contributed by atoms with E-state index in [0.717, 1.165) is 11.3 Å². The summed E-state index contributed by atoms with van der Waals surface area (Å²) < 4.78 is 5.61. The smallest absolute Gasteiger partial charge is 0.303 e. The molecule has 32 heavy (non-hydrogen) atoms. The Morgan fingerprint density at radius 3 is 2.75 bits per heavy atom. The third-order valence-electron chi connectivity index (χ3n) is 4.61. The van der Waals surface area contributed by atoms with Gasteiger partial charge in [-0.2, -0.15) is 15.2 Å². The normalized spacial score (nSPS) is 14.4. The van der Waals surface area contributed by atoms with E-state index in [1.807, 2.05) is 66.9 Å². The number of carbonyl (C=O) groups excluding carboxylic acids is 1. The zero-order chi connectivity index (χ0) is 22.3. The Morgan fingerprint density at radius 2 is 1.97 bits per heavy atom. The molecule has 7 nitrogen and oxygen atoms in total. The van der Waals surface area contributed by atoms with Crippen LogP contribution in [0.15, 0.2) is 70.2 Å². The van der Waals surface area contributed by atoms with Crippen molar-refractivity contribution in [2.45, 2.75) is 19.8 Å². The van der Waals surface area contributed by atoms with Crippen molar-refractivity contribution in [3.05, 3.63) is 60.0 Å². The van der Waals surface area contributed by atoms with Crippen molar-refractivity contribution < 1.29 is 9.53 Å². The van der Waals surface area contributed by atoms with Crippen LogP contribution in [-0.4, -0.2) is 28.9 Å². The third kappa shape index (κ3) is 4.53. The lowest BCUT2D eigenvalue weighted by Crippen LogP contribution is -2.28. The number of rotatable bonds is 8. The molecule has 0 unspecified atom stereocenters. The molecule has 0 bridgehead atoms. The van der Waals surface area contributed by atoms with E-state index in [-0.39, 0.29) is 11.6 Å². The van der Waals surface area contributed by atoms with Crippen LogP contribution in [0, 0.1) is 12.3 Å². The molecule has 0 spiro atoms. The van der Waals surface area contributed by atoms with Crippen LogP contribution < -0.4 is 15.2 Å². The number of benzene rings is 2. The highest BCUT2D eigenvalue weighted by Crippen LogP contribution is 2.30. The Kier molecular flexibility index (Phi) is 6.58. The first-order valence-electron chi connectivity index (χ1n) is 10.1. The van der Waals surface area contributed by atoms with Gasteiger partial charge >= 0.3 is 5.91 Å². The van der Waals surface area contributed by atoms with Gasteiger partial charge in [-0.1, -0.05) is 42.5 Å². The average molecular weight is 444 g/mol. The molecule has 0 fully saturated rings. The van der Waals surface area contributed by atoms with Gasteiger partial charge in [0.1, 0.15) is 5.75 Å². The molecule has 1 aliphatic heterocycles. The molecule has 0 saturated carbocycles. The molecule has 8 heteroatoms. The van der Waals surface area contributed by atoms with Crippen LogP contribution in [0.2, 0.25) is 0 Å². The quantitative estimate of drug-likeness (QED) is 0.401. The molecule has 0 saturated heterocycles. The number of thiazole rings is 1. The van der Waals surface area contributed by atoms with E-state index in [1.54, 1.807) is 0 Å². The van der Waals surface area contributed by atoms with E-state index in [0.29, 0.717) is 41.7 Å². The van der Waals surface area contributed by atoms with Gasteiger partial charge in [0.2, 0.25) is 5.13 Å². The van der Waals surface area contributed by atoms with E-state index < -0.39 is 0 Å². The summed E-state index contributed by atoms with van der Waals surface area (Å²) in [7, 11) is 0. The van der Waals surface area contributed by atoms with Crippen LogP contribution in [0.25, 0.3) is 11.3 Å². The van der Waals surface area contributed by atoms with Gasteiger partial charge in [0.15, 0.2) is 5.71 Å². The van der Waals surface area contributed by atoms with Gasteiger partial charge < -0.3 is 4.74 Å². The molecule has 1 aliphatic rings. The lowest BCUT2D eigenvalue weighted by molar-refractivity contribution is -0.112. The Bertz CT molecular complexity index is 1210. The molecule has 2 heterocycles. The van der Waals surface area contributed by atoms with Gasteiger partial charge in [-0.3, -0.25) is 10.2 Å². The number of nitrogens with zero attached hydrogens (tertiary/aromatic N) is 4. The van der Waals surface area contributed by atoms with Crippen molar-refractivity contribution in [3.63, 3.8) is 0 Å². The Hall–Kier alpha value is -3.96. The molecule has 160 valence electrons. The molecule has 0 atom stereocenters. The fourth-order valence-corrected chi connectivity index (χ4v) is 3.88. The second kappa shape index (κ2) is 9.90. The van der Waals surface area contributed by atoms with E-state index >= 15 is 0 Å². The highest BCUT2D eigenvalue weighted by molar-refractivity contribution is 7.14. The number of carbonyl (C=O) groups is 1. The number of hydrogen-bond donors (Lipinski definition) is 1. The molecule has 4 rings (SSSR count). The minimum atomic E-state index is -0.354. The minimum absolute atomic E-state index is 0.211. The van der Waals surface area contributed by atoms with Gasteiger partial charge in [0.25, 0.3) is 0 Å². The second-order valence-electron chi connectivity index (χ2n) is 6.75. The summed E-state index contributed by atoms with van der Waals surface area (Å²) in [6, 6.07) is 17.2. The van der Waals surface area contributed by atoms with Gasteiger partial charge in [-0.15, -0.1) is 23.7 Å². The molecule has 0 radical (unpaired) electrons. The molecule has 2 aromatic carbocycles. The summed E-state index contributed by atoms with van der Waals surface area (Å²) >= 11 is 1.35. The van der Waals surface area contributed by atoms with E-state index in [1.165, 1.54) is 16.3 Å². The van der Waals surface area contributed by atoms with Crippen LogP contribution in [0.3, 0.4) is 0 Å². The number of hydrogen-bond acceptors (Lipinski definition) is 7. The van der Waals surface area contributed by atoms with Crippen LogP contribution in [-0.2, 0) is 4.79 Å². The lowest BCUT2D eigenvalue weighted by atomic mass is 10.1.